The molecule has 0 radical (unpaired) electrons. The SMILES string of the molecule is CCNC(=NCc1ccco1)NCCC(=O)Nc1ccc(C)cc1Cl. The number of aliphatic imine (C=N–C) groups is 1. The van der Waals surface area contributed by atoms with Crippen molar-refractivity contribution >= 4 is 29.2 Å². The van der Waals surface area contributed by atoms with E-state index in [0.717, 1.165) is 17.9 Å². The summed E-state index contributed by atoms with van der Waals surface area (Å²) in [7, 11) is 0. The van der Waals surface area contributed by atoms with E-state index >= 15 is 0 Å². The molecular formula is C18H23ClN4O2. The van der Waals surface area contributed by atoms with Crippen molar-refractivity contribution in [2.75, 3.05) is 18.4 Å². The minimum absolute atomic E-state index is 0.111. The molecule has 0 atom stereocenters. The number of nitrogens with zero attached hydrogens (tertiary/aromatic N) is 1. The molecule has 0 aliphatic heterocycles. The van der Waals surface area contributed by atoms with Gasteiger partial charge in [0.25, 0.3) is 0 Å². The summed E-state index contributed by atoms with van der Waals surface area (Å²) in [6.45, 7) is 5.56. The van der Waals surface area contributed by atoms with Crippen molar-refractivity contribution < 1.29 is 9.21 Å². The summed E-state index contributed by atoms with van der Waals surface area (Å²) in [5.74, 6) is 1.31. The van der Waals surface area contributed by atoms with Crippen LogP contribution in [-0.2, 0) is 11.3 Å². The summed E-state index contributed by atoms with van der Waals surface area (Å²) in [5.41, 5.74) is 1.67. The largest absolute Gasteiger partial charge is 0.467 e. The van der Waals surface area contributed by atoms with Crippen LogP contribution in [0.3, 0.4) is 0 Å². The fourth-order valence-corrected chi connectivity index (χ4v) is 2.41. The Labute approximate surface area is 152 Å². The van der Waals surface area contributed by atoms with Crippen LogP contribution in [0.5, 0.6) is 0 Å². The number of hydrogen-bond acceptors (Lipinski definition) is 3. The van der Waals surface area contributed by atoms with Crippen LogP contribution in [0.2, 0.25) is 5.02 Å². The van der Waals surface area contributed by atoms with Gasteiger partial charge in [0.15, 0.2) is 5.96 Å². The van der Waals surface area contributed by atoms with E-state index in [0.29, 0.717) is 36.2 Å². The van der Waals surface area contributed by atoms with E-state index in [2.05, 4.69) is 20.9 Å². The average Bonchev–Trinajstić information content (AvgIpc) is 3.09. The van der Waals surface area contributed by atoms with Gasteiger partial charge in [-0.15, -0.1) is 0 Å². The zero-order valence-corrected chi connectivity index (χ0v) is 15.2. The first-order valence-electron chi connectivity index (χ1n) is 8.19. The van der Waals surface area contributed by atoms with Crippen LogP contribution in [0.1, 0.15) is 24.7 Å². The van der Waals surface area contributed by atoms with Crippen molar-refractivity contribution in [2.24, 2.45) is 4.99 Å². The standard InChI is InChI=1S/C18H23ClN4O2/c1-3-20-18(22-12-14-5-4-10-25-14)21-9-8-17(24)23-16-7-6-13(2)11-15(16)19/h4-7,10-11H,3,8-9,12H2,1-2H3,(H,23,24)(H2,20,21,22). The Balaban J connectivity index is 1.80. The molecule has 0 saturated carbocycles. The van der Waals surface area contributed by atoms with Gasteiger partial charge in [0.05, 0.1) is 17.0 Å². The molecule has 1 heterocycles. The Morgan fingerprint density at radius 3 is 2.80 bits per heavy atom. The highest BCUT2D eigenvalue weighted by Crippen LogP contribution is 2.22. The number of anilines is 1. The summed E-state index contributed by atoms with van der Waals surface area (Å²) < 4.78 is 5.25. The number of benzene rings is 1. The molecule has 1 aromatic heterocycles. The Hall–Kier alpha value is -2.47. The third-order valence-electron chi connectivity index (χ3n) is 3.36. The Morgan fingerprint density at radius 1 is 1.28 bits per heavy atom. The first-order chi connectivity index (χ1) is 12.1. The summed E-state index contributed by atoms with van der Waals surface area (Å²) >= 11 is 6.12. The van der Waals surface area contributed by atoms with E-state index in [1.807, 2.05) is 38.1 Å². The third-order valence-corrected chi connectivity index (χ3v) is 3.67. The number of guanidine groups is 1. The van der Waals surface area contributed by atoms with Gasteiger partial charge in [0.2, 0.25) is 5.91 Å². The molecule has 2 rings (SSSR count). The lowest BCUT2D eigenvalue weighted by Gasteiger charge is -2.11. The van der Waals surface area contributed by atoms with Crippen molar-refractivity contribution in [1.29, 1.82) is 0 Å². The van der Waals surface area contributed by atoms with Crippen LogP contribution in [0, 0.1) is 6.92 Å². The number of hydrogen-bond donors (Lipinski definition) is 3. The fraction of sp³-hybridized carbons (Fsp3) is 0.333. The van der Waals surface area contributed by atoms with Crippen molar-refractivity contribution in [1.82, 2.24) is 10.6 Å². The van der Waals surface area contributed by atoms with E-state index in [1.165, 1.54) is 0 Å². The molecule has 7 heteroatoms. The maximum absolute atomic E-state index is 12.0. The Morgan fingerprint density at radius 2 is 2.12 bits per heavy atom. The minimum atomic E-state index is -0.111. The number of halogens is 1. The topological polar surface area (TPSA) is 78.7 Å². The van der Waals surface area contributed by atoms with Gasteiger partial charge >= 0.3 is 0 Å². The fourth-order valence-electron chi connectivity index (χ4n) is 2.13. The predicted molar refractivity (Wildman–Crippen MR) is 101 cm³/mol. The van der Waals surface area contributed by atoms with Crippen molar-refractivity contribution in [3.8, 4) is 0 Å². The molecule has 1 amide bonds. The van der Waals surface area contributed by atoms with Gasteiger partial charge in [0, 0.05) is 19.5 Å². The minimum Gasteiger partial charge on any atom is -0.467 e. The second-order valence-corrected chi connectivity index (χ2v) is 5.89. The highest BCUT2D eigenvalue weighted by atomic mass is 35.5. The van der Waals surface area contributed by atoms with Gasteiger partial charge in [0.1, 0.15) is 12.3 Å². The van der Waals surface area contributed by atoms with Crippen LogP contribution in [-0.4, -0.2) is 25.0 Å². The van der Waals surface area contributed by atoms with Crippen LogP contribution >= 0.6 is 11.6 Å². The smallest absolute Gasteiger partial charge is 0.226 e. The van der Waals surface area contributed by atoms with E-state index in [-0.39, 0.29) is 5.91 Å². The van der Waals surface area contributed by atoms with E-state index in [9.17, 15) is 4.79 Å². The lowest BCUT2D eigenvalue weighted by atomic mass is 10.2. The molecule has 6 nitrogen and oxygen atoms in total. The van der Waals surface area contributed by atoms with Gasteiger partial charge in [-0.3, -0.25) is 4.79 Å². The van der Waals surface area contributed by atoms with Crippen LogP contribution in [0.15, 0.2) is 46.0 Å². The van der Waals surface area contributed by atoms with Crippen molar-refractivity contribution in [3.63, 3.8) is 0 Å². The molecule has 3 N–H and O–H groups in total. The van der Waals surface area contributed by atoms with Crippen molar-refractivity contribution in [2.45, 2.75) is 26.8 Å². The monoisotopic (exact) mass is 362 g/mol. The molecule has 0 aliphatic carbocycles. The van der Waals surface area contributed by atoms with Crippen LogP contribution in [0.25, 0.3) is 0 Å². The van der Waals surface area contributed by atoms with Crippen molar-refractivity contribution in [3.05, 3.63) is 52.9 Å². The summed E-state index contributed by atoms with van der Waals surface area (Å²) in [6.07, 6.45) is 1.92. The molecule has 25 heavy (non-hydrogen) atoms. The van der Waals surface area contributed by atoms with Gasteiger partial charge in [-0.1, -0.05) is 17.7 Å². The molecule has 1 aromatic carbocycles. The number of amides is 1. The molecule has 0 bridgehead atoms. The highest BCUT2D eigenvalue weighted by Gasteiger charge is 2.06. The zero-order chi connectivity index (χ0) is 18.1. The lowest BCUT2D eigenvalue weighted by molar-refractivity contribution is -0.116. The first kappa shape index (κ1) is 18.9. The quantitative estimate of drug-likeness (QED) is 0.521. The normalized spacial score (nSPS) is 11.2. The Kier molecular flexibility index (Phi) is 7.35. The maximum Gasteiger partial charge on any atom is 0.226 e. The second-order valence-electron chi connectivity index (χ2n) is 5.48. The highest BCUT2D eigenvalue weighted by molar-refractivity contribution is 6.33. The lowest BCUT2D eigenvalue weighted by Crippen LogP contribution is -2.38. The molecular weight excluding hydrogens is 340 g/mol. The maximum atomic E-state index is 12.0. The summed E-state index contributed by atoms with van der Waals surface area (Å²) in [6, 6.07) is 9.22. The first-order valence-corrected chi connectivity index (χ1v) is 8.57. The number of nitrogens with one attached hydrogen (secondary N) is 3. The molecule has 0 unspecified atom stereocenters. The number of furan rings is 1. The molecule has 134 valence electrons. The predicted octanol–water partition coefficient (Wildman–Crippen LogP) is 3.33. The third kappa shape index (κ3) is 6.51. The number of carbonyl (C=O) groups is 1. The van der Waals surface area contributed by atoms with E-state index < -0.39 is 0 Å². The molecule has 0 fully saturated rings. The van der Waals surface area contributed by atoms with Crippen LogP contribution in [0.4, 0.5) is 5.69 Å². The van der Waals surface area contributed by atoms with Gasteiger partial charge in [-0.05, 0) is 43.7 Å². The molecule has 0 spiro atoms. The number of rotatable bonds is 7. The van der Waals surface area contributed by atoms with E-state index in [1.54, 1.807) is 12.3 Å². The van der Waals surface area contributed by atoms with Crippen LogP contribution < -0.4 is 16.0 Å². The molecule has 0 aliphatic rings. The zero-order valence-electron chi connectivity index (χ0n) is 14.4. The summed E-state index contributed by atoms with van der Waals surface area (Å²) in [4.78, 5) is 16.5. The molecule has 0 saturated heterocycles. The number of carbonyl (C=O) groups excluding carboxylic acids is 1. The van der Waals surface area contributed by atoms with Gasteiger partial charge < -0.3 is 20.4 Å². The molecule has 2 aromatic rings. The second kappa shape index (κ2) is 9.74. The van der Waals surface area contributed by atoms with Gasteiger partial charge in [-0.2, -0.15) is 0 Å². The van der Waals surface area contributed by atoms with Gasteiger partial charge in [-0.25, -0.2) is 4.99 Å². The number of aryl methyl sites for hydroxylation is 1. The average molecular weight is 363 g/mol. The summed E-state index contributed by atoms with van der Waals surface area (Å²) in [5, 5.41) is 9.60. The Bertz CT molecular complexity index is 714. The van der Waals surface area contributed by atoms with E-state index in [4.69, 9.17) is 16.0 Å².